The summed E-state index contributed by atoms with van der Waals surface area (Å²) in [6.07, 6.45) is 0. The van der Waals surface area contributed by atoms with Gasteiger partial charge in [0.05, 0.1) is 5.69 Å². The number of nitrogens with one attached hydrogen (secondary N) is 1. The van der Waals surface area contributed by atoms with Crippen LogP contribution in [0.3, 0.4) is 0 Å². The molecule has 0 aromatic heterocycles. The highest BCUT2D eigenvalue weighted by molar-refractivity contribution is 6.39. The number of carbonyl (C=O) groups excluding carboxylic acids is 2. The van der Waals surface area contributed by atoms with Crippen LogP contribution >= 0.6 is 0 Å². The lowest BCUT2D eigenvalue weighted by Gasteiger charge is -2.20. The summed E-state index contributed by atoms with van der Waals surface area (Å²) in [6.45, 7) is 4.44. The fraction of sp³-hybridized carbons (Fsp3) is 0.222. The van der Waals surface area contributed by atoms with Gasteiger partial charge in [0.1, 0.15) is 5.75 Å². The molecule has 0 aliphatic heterocycles. The van der Waals surface area contributed by atoms with E-state index in [0.717, 1.165) is 11.1 Å². The zero-order chi connectivity index (χ0) is 16.8. The molecule has 120 valence electrons. The van der Waals surface area contributed by atoms with Crippen LogP contribution in [0.2, 0.25) is 0 Å². The zero-order valence-electron chi connectivity index (χ0n) is 13.2. The minimum absolute atomic E-state index is 0.0668. The van der Waals surface area contributed by atoms with Gasteiger partial charge in [-0.1, -0.05) is 36.4 Å². The molecule has 2 aromatic carbocycles. The summed E-state index contributed by atoms with van der Waals surface area (Å²) in [7, 11) is 0. The number of likely N-dealkylation sites (N-methyl/N-ethyl adjacent to an activating group) is 1. The van der Waals surface area contributed by atoms with Gasteiger partial charge in [-0.3, -0.25) is 9.59 Å². The van der Waals surface area contributed by atoms with Crippen molar-refractivity contribution in [3.05, 3.63) is 59.7 Å². The zero-order valence-corrected chi connectivity index (χ0v) is 13.2. The number of aromatic hydroxyl groups is 1. The van der Waals surface area contributed by atoms with E-state index in [1.807, 2.05) is 44.2 Å². The second kappa shape index (κ2) is 7.45. The van der Waals surface area contributed by atoms with Crippen LogP contribution in [0.15, 0.2) is 48.5 Å². The van der Waals surface area contributed by atoms with Gasteiger partial charge in [-0.2, -0.15) is 0 Å². The lowest BCUT2D eigenvalue weighted by atomic mass is 10.2. The summed E-state index contributed by atoms with van der Waals surface area (Å²) in [5.74, 6) is -1.45. The third kappa shape index (κ3) is 4.32. The van der Waals surface area contributed by atoms with Crippen molar-refractivity contribution in [2.75, 3.05) is 11.9 Å². The molecule has 0 unspecified atom stereocenters. The second-order valence-electron chi connectivity index (χ2n) is 5.28. The number of nitrogens with zero attached hydrogens (tertiary/aromatic N) is 1. The highest BCUT2D eigenvalue weighted by Gasteiger charge is 2.21. The number of amides is 2. The topological polar surface area (TPSA) is 69.6 Å². The minimum Gasteiger partial charge on any atom is -0.506 e. The Morgan fingerprint density at radius 2 is 1.83 bits per heavy atom. The standard InChI is InChI=1S/C18H20N2O3/c1-3-20(12-14-7-5-4-6-8-14)18(23)17(22)19-15-11-13(2)9-10-16(15)21/h4-11,21H,3,12H2,1-2H3,(H,19,22). The molecule has 23 heavy (non-hydrogen) atoms. The molecule has 5 heteroatoms. The average molecular weight is 312 g/mol. The Kier molecular flexibility index (Phi) is 5.36. The summed E-state index contributed by atoms with van der Waals surface area (Å²) < 4.78 is 0. The number of hydrogen-bond acceptors (Lipinski definition) is 3. The third-order valence-corrected chi connectivity index (χ3v) is 3.48. The van der Waals surface area contributed by atoms with E-state index in [-0.39, 0.29) is 11.4 Å². The molecule has 0 spiro atoms. The molecule has 2 aromatic rings. The first-order valence-electron chi connectivity index (χ1n) is 7.45. The average Bonchev–Trinajstić information content (AvgIpc) is 2.56. The van der Waals surface area contributed by atoms with Gasteiger partial charge < -0.3 is 15.3 Å². The van der Waals surface area contributed by atoms with E-state index in [0.29, 0.717) is 13.1 Å². The van der Waals surface area contributed by atoms with Crippen molar-refractivity contribution in [3.63, 3.8) is 0 Å². The summed E-state index contributed by atoms with van der Waals surface area (Å²) in [4.78, 5) is 25.9. The smallest absolute Gasteiger partial charge is 0.314 e. The van der Waals surface area contributed by atoms with Gasteiger partial charge in [-0.25, -0.2) is 0 Å². The van der Waals surface area contributed by atoms with Crippen molar-refractivity contribution < 1.29 is 14.7 Å². The molecule has 5 nitrogen and oxygen atoms in total. The van der Waals surface area contributed by atoms with E-state index < -0.39 is 11.8 Å². The van der Waals surface area contributed by atoms with Gasteiger partial charge in [0.2, 0.25) is 0 Å². The first-order valence-corrected chi connectivity index (χ1v) is 7.45. The monoisotopic (exact) mass is 312 g/mol. The number of hydrogen-bond donors (Lipinski definition) is 2. The first-order chi connectivity index (χ1) is 11.0. The van der Waals surface area contributed by atoms with Crippen molar-refractivity contribution in [2.45, 2.75) is 20.4 Å². The maximum Gasteiger partial charge on any atom is 0.314 e. The van der Waals surface area contributed by atoms with Gasteiger partial charge in [-0.15, -0.1) is 0 Å². The Labute approximate surface area is 135 Å². The Hall–Kier alpha value is -2.82. The normalized spacial score (nSPS) is 10.2. The maximum absolute atomic E-state index is 12.3. The number of anilines is 1. The minimum atomic E-state index is -0.760. The number of phenols is 1. The van der Waals surface area contributed by atoms with Gasteiger partial charge in [0.15, 0.2) is 0 Å². The van der Waals surface area contributed by atoms with Crippen molar-refractivity contribution in [1.82, 2.24) is 4.90 Å². The maximum atomic E-state index is 12.3. The Morgan fingerprint density at radius 1 is 1.13 bits per heavy atom. The molecular formula is C18H20N2O3. The van der Waals surface area contributed by atoms with Gasteiger partial charge in [0, 0.05) is 13.1 Å². The summed E-state index contributed by atoms with van der Waals surface area (Å²) in [6, 6.07) is 14.3. The predicted molar refractivity (Wildman–Crippen MR) is 89.0 cm³/mol. The molecular weight excluding hydrogens is 292 g/mol. The lowest BCUT2D eigenvalue weighted by molar-refractivity contribution is -0.143. The fourth-order valence-corrected chi connectivity index (χ4v) is 2.20. The highest BCUT2D eigenvalue weighted by Crippen LogP contribution is 2.23. The quantitative estimate of drug-likeness (QED) is 0.673. The molecule has 0 heterocycles. The Morgan fingerprint density at radius 3 is 2.48 bits per heavy atom. The molecule has 0 aliphatic carbocycles. The van der Waals surface area contributed by atoms with Crippen LogP contribution in [-0.2, 0) is 16.1 Å². The van der Waals surface area contributed by atoms with Crippen LogP contribution in [0.5, 0.6) is 5.75 Å². The largest absolute Gasteiger partial charge is 0.506 e. The van der Waals surface area contributed by atoms with Crippen molar-refractivity contribution in [3.8, 4) is 5.75 Å². The van der Waals surface area contributed by atoms with Crippen molar-refractivity contribution in [1.29, 1.82) is 0 Å². The summed E-state index contributed by atoms with van der Waals surface area (Å²) >= 11 is 0. The summed E-state index contributed by atoms with van der Waals surface area (Å²) in [5.41, 5.74) is 2.06. The van der Waals surface area contributed by atoms with E-state index in [2.05, 4.69) is 5.32 Å². The second-order valence-corrected chi connectivity index (χ2v) is 5.28. The highest BCUT2D eigenvalue weighted by atomic mass is 16.3. The SMILES string of the molecule is CCN(Cc1ccccc1)C(=O)C(=O)Nc1cc(C)ccc1O. The number of rotatable bonds is 4. The fourth-order valence-electron chi connectivity index (χ4n) is 2.20. The third-order valence-electron chi connectivity index (χ3n) is 3.48. The number of phenolic OH excluding ortho intramolecular Hbond substituents is 1. The molecule has 0 aliphatic rings. The van der Waals surface area contributed by atoms with Crippen LogP contribution in [0.25, 0.3) is 0 Å². The molecule has 0 atom stereocenters. The van der Waals surface area contributed by atoms with E-state index in [4.69, 9.17) is 0 Å². The van der Waals surface area contributed by atoms with E-state index in [1.165, 1.54) is 11.0 Å². The summed E-state index contributed by atoms with van der Waals surface area (Å²) in [5, 5.41) is 12.2. The molecule has 0 radical (unpaired) electrons. The van der Waals surface area contributed by atoms with E-state index in [1.54, 1.807) is 12.1 Å². The van der Waals surface area contributed by atoms with Gasteiger partial charge >= 0.3 is 11.8 Å². The Bertz CT molecular complexity index is 699. The van der Waals surface area contributed by atoms with Crippen molar-refractivity contribution in [2.24, 2.45) is 0 Å². The molecule has 0 fully saturated rings. The molecule has 2 amide bonds. The molecule has 0 saturated heterocycles. The van der Waals surface area contributed by atoms with Crippen LogP contribution in [-0.4, -0.2) is 28.4 Å². The number of benzene rings is 2. The molecule has 2 N–H and O–H groups in total. The first kappa shape index (κ1) is 16.5. The van der Waals surface area contributed by atoms with Crippen LogP contribution in [0.4, 0.5) is 5.69 Å². The van der Waals surface area contributed by atoms with Crippen LogP contribution in [0.1, 0.15) is 18.1 Å². The van der Waals surface area contributed by atoms with Crippen molar-refractivity contribution >= 4 is 17.5 Å². The van der Waals surface area contributed by atoms with Gasteiger partial charge in [-0.05, 0) is 37.1 Å². The molecule has 0 bridgehead atoms. The lowest BCUT2D eigenvalue weighted by Crippen LogP contribution is -2.39. The number of aryl methyl sites for hydroxylation is 1. The number of carbonyl (C=O) groups is 2. The molecule has 2 rings (SSSR count). The van der Waals surface area contributed by atoms with Crippen LogP contribution < -0.4 is 5.32 Å². The Balaban J connectivity index is 2.08. The van der Waals surface area contributed by atoms with Crippen LogP contribution in [0, 0.1) is 6.92 Å². The van der Waals surface area contributed by atoms with E-state index >= 15 is 0 Å². The van der Waals surface area contributed by atoms with Gasteiger partial charge in [0.25, 0.3) is 0 Å². The molecule has 0 saturated carbocycles. The predicted octanol–water partition coefficient (Wildman–Crippen LogP) is 2.69. The van der Waals surface area contributed by atoms with E-state index in [9.17, 15) is 14.7 Å².